The van der Waals surface area contributed by atoms with Crippen molar-refractivity contribution < 1.29 is 0 Å². The van der Waals surface area contributed by atoms with Crippen LogP contribution in [0.4, 0.5) is 5.69 Å². The summed E-state index contributed by atoms with van der Waals surface area (Å²) in [4.78, 5) is 6.63. The molecule has 0 aromatic heterocycles. The van der Waals surface area contributed by atoms with Crippen molar-refractivity contribution in [1.82, 2.24) is 4.90 Å². The highest BCUT2D eigenvalue weighted by atomic mass is 15.0. The number of hydrogen-bond acceptors (Lipinski definition) is 2. The Bertz CT molecular complexity index is 536. The molecule has 98 valence electrons. The van der Waals surface area contributed by atoms with Gasteiger partial charge in [0.15, 0.2) is 0 Å². The molecule has 0 unspecified atom stereocenters. The van der Waals surface area contributed by atoms with Crippen LogP contribution in [0.1, 0.15) is 16.7 Å². The first-order valence-corrected chi connectivity index (χ1v) is 6.48. The number of rotatable bonds is 4. The van der Waals surface area contributed by atoms with Gasteiger partial charge in [0, 0.05) is 12.8 Å². The molecule has 0 fully saturated rings. The van der Waals surface area contributed by atoms with Gasteiger partial charge in [-0.05, 0) is 44.3 Å². The summed E-state index contributed by atoms with van der Waals surface area (Å²) in [5.74, 6) is 0. The van der Waals surface area contributed by atoms with E-state index >= 15 is 0 Å². The highest BCUT2D eigenvalue weighted by Gasteiger charge is 1.95. The van der Waals surface area contributed by atoms with E-state index in [1.54, 1.807) is 0 Å². The zero-order valence-corrected chi connectivity index (χ0v) is 11.8. The van der Waals surface area contributed by atoms with E-state index in [0.717, 1.165) is 17.8 Å². The van der Waals surface area contributed by atoms with E-state index in [1.807, 2.05) is 18.3 Å². The van der Waals surface area contributed by atoms with Crippen molar-refractivity contribution in [2.24, 2.45) is 4.99 Å². The molecule has 19 heavy (non-hydrogen) atoms. The van der Waals surface area contributed by atoms with Crippen molar-refractivity contribution in [3.05, 3.63) is 65.2 Å². The first-order chi connectivity index (χ1) is 9.13. The third kappa shape index (κ3) is 4.34. The van der Waals surface area contributed by atoms with Crippen LogP contribution in [0.25, 0.3) is 0 Å². The maximum Gasteiger partial charge on any atom is 0.0630 e. The molecule has 0 aliphatic rings. The van der Waals surface area contributed by atoms with Crippen LogP contribution in [0.5, 0.6) is 0 Å². The molecule has 0 bridgehead atoms. The van der Waals surface area contributed by atoms with Crippen molar-refractivity contribution in [3.63, 3.8) is 0 Å². The number of nitrogens with zero attached hydrogens (tertiary/aromatic N) is 2. The first kappa shape index (κ1) is 13.5. The predicted octanol–water partition coefficient (Wildman–Crippen LogP) is 3.81. The van der Waals surface area contributed by atoms with Gasteiger partial charge in [-0.3, -0.25) is 4.99 Å². The van der Waals surface area contributed by atoms with Crippen LogP contribution in [0, 0.1) is 6.92 Å². The lowest BCUT2D eigenvalue weighted by molar-refractivity contribution is 0.402. The van der Waals surface area contributed by atoms with Gasteiger partial charge in [0.1, 0.15) is 0 Å². The second kappa shape index (κ2) is 6.30. The first-order valence-electron chi connectivity index (χ1n) is 6.48. The van der Waals surface area contributed by atoms with Crippen molar-refractivity contribution in [2.45, 2.75) is 13.5 Å². The van der Waals surface area contributed by atoms with E-state index < -0.39 is 0 Å². The van der Waals surface area contributed by atoms with Gasteiger partial charge in [0.25, 0.3) is 0 Å². The molecular weight excluding hydrogens is 232 g/mol. The van der Waals surface area contributed by atoms with Gasteiger partial charge in [-0.15, -0.1) is 0 Å². The van der Waals surface area contributed by atoms with E-state index in [9.17, 15) is 0 Å². The van der Waals surface area contributed by atoms with Gasteiger partial charge in [-0.25, -0.2) is 0 Å². The summed E-state index contributed by atoms with van der Waals surface area (Å²) < 4.78 is 0. The molecule has 0 saturated heterocycles. The number of benzene rings is 2. The highest BCUT2D eigenvalue weighted by molar-refractivity contribution is 5.81. The molecule has 2 rings (SSSR count). The Balaban J connectivity index is 2.04. The standard InChI is InChI=1S/C17H20N2/c1-14-4-10-17(11-5-14)18-12-15-6-8-16(9-7-15)13-19(2)3/h4-12H,13H2,1-3H3. The fraction of sp³-hybridized carbons (Fsp3) is 0.235. The predicted molar refractivity (Wildman–Crippen MR) is 82.3 cm³/mol. The topological polar surface area (TPSA) is 15.6 Å². The number of hydrogen-bond donors (Lipinski definition) is 0. The summed E-state index contributed by atoms with van der Waals surface area (Å²) in [5, 5.41) is 0. The maximum absolute atomic E-state index is 4.47. The van der Waals surface area contributed by atoms with Crippen molar-refractivity contribution in [3.8, 4) is 0 Å². The van der Waals surface area contributed by atoms with Crippen LogP contribution in [-0.2, 0) is 6.54 Å². The second-order valence-electron chi connectivity index (χ2n) is 5.07. The zero-order chi connectivity index (χ0) is 13.7. The molecule has 0 aliphatic carbocycles. The average molecular weight is 252 g/mol. The normalized spacial score (nSPS) is 11.4. The van der Waals surface area contributed by atoms with Crippen molar-refractivity contribution in [2.75, 3.05) is 14.1 Å². The minimum atomic E-state index is 0.968. The lowest BCUT2D eigenvalue weighted by Crippen LogP contribution is -2.10. The molecule has 0 spiro atoms. The molecule has 2 aromatic rings. The van der Waals surface area contributed by atoms with E-state index in [4.69, 9.17) is 0 Å². The molecule has 0 heterocycles. The van der Waals surface area contributed by atoms with Crippen LogP contribution in [-0.4, -0.2) is 25.2 Å². The molecule has 0 saturated carbocycles. The zero-order valence-electron chi connectivity index (χ0n) is 11.8. The third-order valence-corrected chi connectivity index (χ3v) is 2.88. The fourth-order valence-corrected chi connectivity index (χ4v) is 1.85. The van der Waals surface area contributed by atoms with Crippen LogP contribution >= 0.6 is 0 Å². The number of aliphatic imine (C=N–C) groups is 1. The van der Waals surface area contributed by atoms with Gasteiger partial charge in [-0.2, -0.15) is 0 Å². The molecule has 0 amide bonds. The van der Waals surface area contributed by atoms with E-state index in [0.29, 0.717) is 0 Å². The minimum Gasteiger partial charge on any atom is -0.305 e. The van der Waals surface area contributed by atoms with Gasteiger partial charge >= 0.3 is 0 Å². The Morgan fingerprint density at radius 1 is 0.947 bits per heavy atom. The quantitative estimate of drug-likeness (QED) is 0.756. The smallest absolute Gasteiger partial charge is 0.0630 e. The van der Waals surface area contributed by atoms with Crippen LogP contribution in [0.15, 0.2) is 53.5 Å². The Morgan fingerprint density at radius 3 is 2.16 bits per heavy atom. The van der Waals surface area contributed by atoms with Crippen LogP contribution in [0.3, 0.4) is 0 Å². The van der Waals surface area contributed by atoms with Crippen molar-refractivity contribution >= 4 is 11.9 Å². The summed E-state index contributed by atoms with van der Waals surface area (Å²) >= 11 is 0. The van der Waals surface area contributed by atoms with E-state index in [2.05, 4.69) is 67.3 Å². The molecular formula is C17H20N2. The van der Waals surface area contributed by atoms with Gasteiger partial charge in [0.05, 0.1) is 5.69 Å². The fourth-order valence-electron chi connectivity index (χ4n) is 1.85. The summed E-state index contributed by atoms with van der Waals surface area (Å²) in [5.41, 5.74) is 4.69. The Kier molecular flexibility index (Phi) is 4.48. The molecule has 2 heteroatoms. The monoisotopic (exact) mass is 252 g/mol. The van der Waals surface area contributed by atoms with Gasteiger partial charge in [-0.1, -0.05) is 42.0 Å². The molecule has 2 aromatic carbocycles. The summed E-state index contributed by atoms with van der Waals surface area (Å²) in [6.45, 7) is 3.05. The molecule has 2 nitrogen and oxygen atoms in total. The van der Waals surface area contributed by atoms with Gasteiger partial charge < -0.3 is 4.90 Å². The Morgan fingerprint density at radius 2 is 1.58 bits per heavy atom. The minimum absolute atomic E-state index is 0.968. The summed E-state index contributed by atoms with van der Waals surface area (Å²) in [7, 11) is 4.15. The largest absolute Gasteiger partial charge is 0.305 e. The maximum atomic E-state index is 4.47. The summed E-state index contributed by atoms with van der Waals surface area (Å²) in [6, 6.07) is 16.7. The van der Waals surface area contributed by atoms with Crippen LogP contribution < -0.4 is 0 Å². The van der Waals surface area contributed by atoms with Gasteiger partial charge in [0.2, 0.25) is 0 Å². The number of aryl methyl sites for hydroxylation is 1. The molecule has 0 atom stereocenters. The highest BCUT2D eigenvalue weighted by Crippen LogP contribution is 2.12. The lowest BCUT2D eigenvalue weighted by atomic mass is 10.1. The third-order valence-electron chi connectivity index (χ3n) is 2.88. The van der Waals surface area contributed by atoms with E-state index in [1.165, 1.54) is 11.1 Å². The Labute approximate surface area is 115 Å². The van der Waals surface area contributed by atoms with Crippen LogP contribution in [0.2, 0.25) is 0 Å². The lowest BCUT2D eigenvalue weighted by Gasteiger charge is -2.09. The summed E-state index contributed by atoms with van der Waals surface area (Å²) in [6.07, 6.45) is 1.91. The molecule has 0 aliphatic heterocycles. The second-order valence-corrected chi connectivity index (χ2v) is 5.07. The SMILES string of the molecule is Cc1ccc(N=Cc2ccc(CN(C)C)cc2)cc1. The Hall–Kier alpha value is -1.93. The average Bonchev–Trinajstić information content (AvgIpc) is 2.39. The van der Waals surface area contributed by atoms with E-state index in [-0.39, 0.29) is 0 Å². The molecule has 0 radical (unpaired) electrons. The molecule has 0 N–H and O–H groups in total. The van der Waals surface area contributed by atoms with Crippen molar-refractivity contribution in [1.29, 1.82) is 0 Å².